The number of carbonyl (C=O) groups is 1. The molecule has 2 N–H and O–H groups in total. The highest BCUT2D eigenvalue weighted by Gasteiger charge is 2.35. The molecular formula is C18H26N2O4. The van der Waals surface area contributed by atoms with Gasteiger partial charge in [0, 0.05) is 25.3 Å². The maximum atomic E-state index is 12.3. The molecule has 2 heterocycles. The second-order valence-electron chi connectivity index (χ2n) is 6.89. The monoisotopic (exact) mass is 334 g/mol. The molecule has 0 spiro atoms. The summed E-state index contributed by atoms with van der Waals surface area (Å²) in [6.45, 7) is 5.11. The number of aliphatic hydroxyl groups is 1. The van der Waals surface area contributed by atoms with Gasteiger partial charge in [0.25, 0.3) is 5.91 Å². The lowest BCUT2D eigenvalue weighted by Crippen LogP contribution is -2.55. The number of rotatable bonds is 4. The zero-order chi connectivity index (χ0) is 17.8. The van der Waals surface area contributed by atoms with Gasteiger partial charge in [0.1, 0.15) is 5.60 Å². The van der Waals surface area contributed by atoms with Crippen molar-refractivity contribution in [1.82, 2.24) is 10.2 Å². The highest BCUT2D eigenvalue weighted by atomic mass is 16.5. The lowest BCUT2D eigenvalue weighted by molar-refractivity contribution is -0.00669. The molecule has 0 saturated carbocycles. The summed E-state index contributed by atoms with van der Waals surface area (Å²) in [6, 6.07) is 3.22. The van der Waals surface area contributed by atoms with Gasteiger partial charge in [-0.05, 0) is 58.8 Å². The van der Waals surface area contributed by atoms with Crippen molar-refractivity contribution >= 4 is 5.91 Å². The second-order valence-corrected chi connectivity index (χ2v) is 6.89. The van der Waals surface area contributed by atoms with E-state index >= 15 is 0 Å². The van der Waals surface area contributed by atoms with Crippen molar-refractivity contribution in [2.24, 2.45) is 0 Å². The maximum absolute atomic E-state index is 12.3. The van der Waals surface area contributed by atoms with E-state index in [9.17, 15) is 9.90 Å². The Kier molecular flexibility index (Phi) is 5.70. The number of amides is 1. The first-order valence-electron chi connectivity index (χ1n) is 8.11. The first-order chi connectivity index (χ1) is 11.2. The molecule has 1 amide bonds. The third kappa shape index (κ3) is 4.84. The van der Waals surface area contributed by atoms with Crippen LogP contribution in [0.3, 0.4) is 0 Å². The Morgan fingerprint density at radius 2 is 2.04 bits per heavy atom. The van der Waals surface area contributed by atoms with Crippen molar-refractivity contribution in [2.75, 3.05) is 33.9 Å². The van der Waals surface area contributed by atoms with Crippen LogP contribution in [-0.4, -0.2) is 60.9 Å². The Morgan fingerprint density at radius 1 is 1.38 bits per heavy atom. The zero-order valence-electron chi connectivity index (χ0n) is 14.8. The number of hydrogen-bond donors (Lipinski definition) is 2. The van der Waals surface area contributed by atoms with E-state index in [0.717, 1.165) is 12.8 Å². The van der Waals surface area contributed by atoms with Gasteiger partial charge in [-0.1, -0.05) is 5.92 Å². The Hall–Kier alpha value is -1.81. The van der Waals surface area contributed by atoms with E-state index in [1.54, 1.807) is 26.0 Å². The fourth-order valence-electron chi connectivity index (χ4n) is 2.61. The fraction of sp³-hybridized carbons (Fsp3) is 0.611. The molecule has 1 aromatic heterocycles. The van der Waals surface area contributed by atoms with E-state index in [1.807, 2.05) is 14.1 Å². The highest BCUT2D eigenvalue weighted by Crippen LogP contribution is 2.25. The van der Waals surface area contributed by atoms with Crippen LogP contribution in [0.4, 0.5) is 0 Å². The largest absolute Gasteiger partial charge is 0.443 e. The van der Waals surface area contributed by atoms with Gasteiger partial charge in [-0.3, -0.25) is 4.79 Å². The highest BCUT2D eigenvalue weighted by molar-refractivity contribution is 5.91. The van der Waals surface area contributed by atoms with Gasteiger partial charge in [0.2, 0.25) is 0 Å². The number of nitrogens with zero attached hydrogens (tertiary/aromatic N) is 1. The second kappa shape index (κ2) is 7.39. The molecule has 24 heavy (non-hydrogen) atoms. The van der Waals surface area contributed by atoms with E-state index in [-0.39, 0.29) is 17.2 Å². The van der Waals surface area contributed by atoms with Crippen LogP contribution in [0, 0.1) is 11.8 Å². The summed E-state index contributed by atoms with van der Waals surface area (Å²) in [5, 5.41) is 12.5. The van der Waals surface area contributed by atoms with Crippen molar-refractivity contribution in [3.8, 4) is 11.8 Å². The van der Waals surface area contributed by atoms with Crippen molar-refractivity contribution in [2.45, 2.75) is 37.8 Å². The SMILES string of the molecule is CN(C)C1(CNC(=O)c2ccc(C#CC(C)(C)O)o2)CCOCC1. The summed E-state index contributed by atoms with van der Waals surface area (Å²) in [6.07, 6.45) is 1.75. The summed E-state index contributed by atoms with van der Waals surface area (Å²) in [4.78, 5) is 14.5. The Labute approximate surface area is 143 Å². The predicted molar refractivity (Wildman–Crippen MR) is 90.7 cm³/mol. The average Bonchev–Trinajstić information content (AvgIpc) is 3.00. The lowest BCUT2D eigenvalue weighted by Gasteiger charge is -2.42. The Bertz CT molecular complexity index is 625. The molecule has 6 heteroatoms. The third-order valence-electron chi connectivity index (χ3n) is 4.27. The van der Waals surface area contributed by atoms with Crippen LogP contribution >= 0.6 is 0 Å². The van der Waals surface area contributed by atoms with E-state index < -0.39 is 5.60 Å². The van der Waals surface area contributed by atoms with Crippen LogP contribution in [-0.2, 0) is 4.74 Å². The van der Waals surface area contributed by atoms with Crippen LogP contribution in [0.2, 0.25) is 0 Å². The molecule has 1 aliphatic rings. The molecule has 132 valence electrons. The third-order valence-corrected chi connectivity index (χ3v) is 4.27. The van der Waals surface area contributed by atoms with E-state index in [0.29, 0.717) is 25.5 Å². The molecule has 0 radical (unpaired) electrons. The molecule has 1 aromatic rings. The van der Waals surface area contributed by atoms with Gasteiger partial charge < -0.3 is 24.5 Å². The van der Waals surface area contributed by atoms with Crippen molar-refractivity contribution in [1.29, 1.82) is 0 Å². The van der Waals surface area contributed by atoms with Crippen LogP contribution in [0.15, 0.2) is 16.5 Å². The topological polar surface area (TPSA) is 74.9 Å². The first kappa shape index (κ1) is 18.5. The summed E-state index contributed by atoms with van der Waals surface area (Å²) in [5.74, 6) is 5.69. The molecule has 0 unspecified atom stereocenters. The quantitative estimate of drug-likeness (QED) is 0.811. The minimum atomic E-state index is -1.10. The van der Waals surface area contributed by atoms with Gasteiger partial charge in [0.05, 0.1) is 0 Å². The number of nitrogens with one attached hydrogen (secondary N) is 1. The van der Waals surface area contributed by atoms with E-state index in [1.165, 1.54) is 0 Å². The molecule has 1 saturated heterocycles. The fourth-order valence-corrected chi connectivity index (χ4v) is 2.61. The summed E-state index contributed by atoms with van der Waals surface area (Å²) in [5.41, 5.74) is -1.19. The molecule has 0 bridgehead atoms. The minimum absolute atomic E-state index is 0.0932. The maximum Gasteiger partial charge on any atom is 0.287 e. The summed E-state index contributed by atoms with van der Waals surface area (Å²) in [7, 11) is 4.05. The van der Waals surface area contributed by atoms with Crippen LogP contribution < -0.4 is 5.32 Å². The molecule has 1 fully saturated rings. The van der Waals surface area contributed by atoms with Gasteiger partial charge in [-0.15, -0.1) is 0 Å². The number of hydrogen-bond acceptors (Lipinski definition) is 5. The smallest absolute Gasteiger partial charge is 0.287 e. The summed E-state index contributed by atoms with van der Waals surface area (Å²) < 4.78 is 10.9. The standard InChI is InChI=1S/C18H26N2O4/c1-17(2,22)8-7-14-5-6-15(24-14)16(21)19-13-18(20(3)4)9-11-23-12-10-18/h5-6,22H,9-13H2,1-4H3,(H,19,21). The lowest BCUT2D eigenvalue weighted by atomic mass is 9.88. The molecule has 2 rings (SSSR count). The number of carbonyl (C=O) groups excluding carboxylic acids is 1. The molecule has 1 aliphatic heterocycles. The van der Waals surface area contributed by atoms with Crippen molar-refractivity contribution in [3.63, 3.8) is 0 Å². The van der Waals surface area contributed by atoms with Gasteiger partial charge in [0.15, 0.2) is 11.5 Å². The molecule has 6 nitrogen and oxygen atoms in total. The van der Waals surface area contributed by atoms with Gasteiger partial charge in [-0.25, -0.2) is 0 Å². The molecule has 0 atom stereocenters. The van der Waals surface area contributed by atoms with Crippen LogP contribution in [0.1, 0.15) is 43.0 Å². The van der Waals surface area contributed by atoms with E-state index in [2.05, 4.69) is 22.1 Å². The number of ether oxygens (including phenoxy) is 1. The zero-order valence-corrected chi connectivity index (χ0v) is 14.8. The Morgan fingerprint density at radius 3 is 2.62 bits per heavy atom. The van der Waals surface area contributed by atoms with Crippen molar-refractivity contribution in [3.05, 3.63) is 23.7 Å². The molecule has 0 aliphatic carbocycles. The predicted octanol–water partition coefficient (Wildman–Crippen LogP) is 1.24. The molecule has 0 aromatic carbocycles. The number of likely N-dealkylation sites (N-methyl/N-ethyl adjacent to an activating group) is 1. The summed E-state index contributed by atoms with van der Waals surface area (Å²) >= 11 is 0. The van der Waals surface area contributed by atoms with E-state index in [4.69, 9.17) is 9.15 Å². The normalized spacial score (nSPS) is 17.2. The van der Waals surface area contributed by atoms with Gasteiger partial charge in [-0.2, -0.15) is 0 Å². The van der Waals surface area contributed by atoms with Crippen LogP contribution in [0.25, 0.3) is 0 Å². The first-order valence-corrected chi connectivity index (χ1v) is 8.11. The van der Waals surface area contributed by atoms with Crippen LogP contribution in [0.5, 0.6) is 0 Å². The van der Waals surface area contributed by atoms with Gasteiger partial charge >= 0.3 is 0 Å². The Balaban J connectivity index is 1.99. The molecular weight excluding hydrogens is 308 g/mol. The average molecular weight is 334 g/mol. The van der Waals surface area contributed by atoms with Crippen molar-refractivity contribution < 1.29 is 19.1 Å². The number of furan rings is 1. The minimum Gasteiger partial charge on any atom is -0.443 e.